The summed E-state index contributed by atoms with van der Waals surface area (Å²) in [5.74, 6) is -1.10. The lowest BCUT2D eigenvalue weighted by molar-refractivity contribution is -0.165. The van der Waals surface area contributed by atoms with Gasteiger partial charge in [-0.1, -0.05) is 18.2 Å². The summed E-state index contributed by atoms with van der Waals surface area (Å²) in [7, 11) is 1.28. The van der Waals surface area contributed by atoms with E-state index in [4.69, 9.17) is 9.47 Å². The minimum Gasteiger partial charge on any atom is -0.466 e. The van der Waals surface area contributed by atoms with Gasteiger partial charge in [-0.2, -0.15) is 0 Å². The van der Waals surface area contributed by atoms with E-state index in [1.165, 1.54) is 14.0 Å². The summed E-state index contributed by atoms with van der Waals surface area (Å²) in [5, 5.41) is 0. The largest absolute Gasteiger partial charge is 0.466 e. The number of rotatable bonds is 6. The van der Waals surface area contributed by atoms with Crippen molar-refractivity contribution in [3.63, 3.8) is 0 Å². The molecular formula is C15H21NO4. The first-order chi connectivity index (χ1) is 9.54. The van der Waals surface area contributed by atoms with Gasteiger partial charge in [-0.15, -0.1) is 0 Å². The summed E-state index contributed by atoms with van der Waals surface area (Å²) in [6.45, 7) is 6.91. The number of hydrogen-bond acceptors (Lipinski definition) is 5. The fourth-order valence-corrected chi connectivity index (χ4v) is 2.07. The summed E-state index contributed by atoms with van der Waals surface area (Å²) < 4.78 is 9.86. The molecule has 0 N–H and O–H groups in total. The van der Waals surface area contributed by atoms with Gasteiger partial charge in [0, 0.05) is 31.3 Å². The Labute approximate surface area is 119 Å². The van der Waals surface area contributed by atoms with Crippen molar-refractivity contribution < 1.29 is 19.1 Å². The van der Waals surface area contributed by atoms with E-state index < -0.39 is 18.0 Å². The van der Waals surface area contributed by atoms with Crippen molar-refractivity contribution in [3.8, 4) is 0 Å². The maximum absolute atomic E-state index is 11.9. The Morgan fingerprint density at radius 3 is 2.30 bits per heavy atom. The Hall–Kier alpha value is -2.04. The lowest BCUT2D eigenvalue weighted by Gasteiger charge is -2.26. The highest BCUT2D eigenvalue weighted by Crippen LogP contribution is 2.29. The van der Waals surface area contributed by atoms with Gasteiger partial charge in [0.1, 0.15) is 0 Å². The number of hydrogen-bond donors (Lipinski definition) is 0. The van der Waals surface area contributed by atoms with Crippen LogP contribution in [-0.2, 0) is 19.1 Å². The van der Waals surface area contributed by atoms with Crippen molar-refractivity contribution in [2.24, 2.45) is 0 Å². The molecular weight excluding hydrogens is 258 g/mol. The van der Waals surface area contributed by atoms with Crippen LogP contribution in [0.4, 0.5) is 5.69 Å². The second-order valence-electron chi connectivity index (χ2n) is 4.24. The van der Waals surface area contributed by atoms with Crippen molar-refractivity contribution in [1.82, 2.24) is 0 Å². The van der Waals surface area contributed by atoms with Crippen molar-refractivity contribution >= 4 is 17.6 Å². The zero-order chi connectivity index (χ0) is 15.1. The van der Waals surface area contributed by atoms with Gasteiger partial charge >= 0.3 is 11.9 Å². The van der Waals surface area contributed by atoms with E-state index in [2.05, 4.69) is 4.90 Å². The highest BCUT2D eigenvalue weighted by atomic mass is 16.6. The lowest BCUT2D eigenvalue weighted by Crippen LogP contribution is -2.27. The number of carbonyl (C=O) groups excluding carboxylic acids is 2. The third kappa shape index (κ3) is 3.73. The van der Waals surface area contributed by atoms with Crippen molar-refractivity contribution in [1.29, 1.82) is 0 Å². The fourth-order valence-electron chi connectivity index (χ4n) is 2.07. The molecule has 20 heavy (non-hydrogen) atoms. The molecule has 1 rings (SSSR count). The standard InChI is InChI=1S/C15H21NO4/c1-5-16(6-2)13-10-8-7-9-12(13)14(15(18)19-4)20-11(3)17/h7-10,14H,5-6H2,1-4H3. The third-order valence-corrected chi connectivity index (χ3v) is 3.02. The molecule has 5 heteroatoms. The minimum absolute atomic E-state index is 0.519. The molecule has 1 atom stereocenters. The lowest BCUT2D eigenvalue weighted by atomic mass is 10.1. The van der Waals surface area contributed by atoms with Crippen LogP contribution in [0.3, 0.4) is 0 Å². The maximum atomic E-state index is 11.9. The van der Waals surface area contributed by atoms with Crippen LogP contribution in [0, 0.1) is 0 Å². The second kappa shape index (κ2) is 7.53. The molecule has 1 aromatic rings. The predicted octanol–water partition coefficient (Wildman–Crippen LogP) is 2.31. The Kier molecular flexibility index (Phi) is 6.03. The van der Waals surface area contributed by atoms with Crippen LogP contribution in [-0.4, -0.2) is 32.1 Å². The number of para-hydroxylation sites is 1. The van der Waals surface area contributed by atoms with E-state index in [1.54, 1.807) is 6.07 Å². The van der Waals surface area contributed by atoms with Crippen molar-refractivity contribution in [2.75, 3.05) is 25.1 Å². The van der Waals surface area contributed by atoms with Crippen molar-refractivity contribution in [3.05, 3.63) is 29.8 Å². The van der Waals surface area contributed by atoms with Crippen LogP contribution in [0.1, 0.15) is 32.4 Å². The smallest absolute Gasteiger partial charge is 0.352 e. The zero-order valence-electron chi connectivity index (χ0n) is 12.4. The summed E-state index contributed by atoms with van der Waals surface area (Å²) in [4.78, 5) is 25.2. The number of esters is 2. The molecule has 0 fully saturated rings. The average molecular weight is 279 g/mol. The van der Waals surface area contributed by atoms with Crippen LogP contribution < -0.4 is 4.90 Å². The number of carbonyl (C=O) groups is 2. The number of methoxy groups -OCH3 is 1. The molecule has 5 nitrogen and oxygen atoms in total. The molecule has 0 aliphatic heterocycles. The second-order valence-corrected chi connectivity index (χ2v) is 4.24. The van der Waals surface area contributed by atoms with Crippen LogP contribution >= 0.6 is 0 Å². The maximum Gasteiger partial charge on any atom is 0.352 e. The SMILES string of the molecule is CCN(CC)c1ccccc1C(OC(C)=O)C(=O)OC. The molecule has 0 spiro atoms. The Balaban J connectivity index is 3.25. The van der Waals surface area contributed by atoms with E-state index in [0.717, 1.165) is 18.8 Å². The Morgan fingerprint density at radius 2 is 1.80 bits per heavy atom. The normalized spacial score (nSPS) is 11.6. The highest BCUT2D eigenvalue weighted by Gasteiger charge is 2.28. The average Bonchev–Trinajstić information content (AvgIpc) is 2.46. The van der Waals surface area contributed by atoms with Gasteiger partial charge in [0.15, 0.2) is 0 Å². The minimum atomic E-state index is -1.03. The first-order valence-corrected chi connectivity index (χ1v) is 6.64. The van der Waals surface area contributed by atoms with Gasteiger partial charge in [-0.3, -0.25) is 4.79 Å². The summed E-state index contributed by atoms with van der Waals surface area (Å²) in [6.07, 6.45) is -1.03. The van der Waals surface area contributed by atoms with Gasteiger partial charge in [0.25, 0.3) is 0 Å². The zero-order valence-corrected chi connectivity index (χ0v) is 12.4. The molecule has 110 valence electrons. The van der Waals surface area contributed by atoms with E-state index in [0.29, 0.717) is 5.56 Å². The van der Waals surface area contributed by atoms with Gasteiger partial charge in [-0.05, 0) is 19.9 Å². The van der Waals surface area contributed by atoms with Crippen LogP contribution in [0.5, 0.6) is 0 Å². The molecule has 0 aromatic heterocycles. The Morgan fingerprint density at radius 1 is 1.20 bits per heavy atom. The first-order valence-electron chi connectivity index (χ1n) is 6.64. The fraction of sp³-hybridized carbons (Fsp3) is 0.467. The molecule has 0 amide bonds. The van der Waals surface area contributed by atoms with Crippen LogP contribution in [0.25, 0.3) is 0 Å². The monoisotopic (exact) mass is 279 g/mol. The summed E-state index contributed by atoms with van der Waals surface area (Å²) in [6, 6.07) is 7.38. The third-order valence-electron chi connectivity index (χ3n) is 3.02. The molecule has 0 aliphatic carbocycles. The molecule has 0 bridgehead atoms. The predicted molar refractivity (Wildman–Crippen MR) is 76.5 cm³/mol. The molecule has 1 aromatic carbocycles. The highest BCUT2D eigenvalue weighted by molar-refractivity contribution is 5.82. The molecule has 0 saturated heterocycles. The number of anilines is 1. The number of ether oxygens (including phenoxy) is 2. The molecule has 1 unspecified atom stereocenters. The summed E-state index contributed by atoms with van der Waals surface area (Å²) >= 11 is 0. The molecule has 0 saturated carbocycles. The quantitative estimate of drug-likeness (QED) is 0.748. The Bertz CT molecular complexity index is 469. The van der Waals surface area contributed by atoms with E-state index in [9.17, 15) is 9.59 Å². The number of nitrogens with zero attached hydrogens (tertiary/aromatic N) is 1. The van der Waals surface area contributed by atoms with Gasteiger partial charge in [-0.25, -0.2) is 4.79 Å². The van der Waals surface area contributed by atoms with Gasteiger partial charge in [0.05, 0.1) is 7.11 Å². The first kappa shape index (κ1) is 16.0. The molecule has 0 aliphatic rings. The molecule has 0 heterocycles. The topological polar surface area (TPSA) is 55.8 Å². The van der Waals surface area contributed by atoms with Gasteiger partial charge < -0.3 is 14.4 Å². The summed E-state index contributed by atoms with van der Waals surface area (Å²) in [5.41, 5.74) is 1.51. The van der Waals surface area contributed by atoms with E-state index in [1.807, 2.05) is 32.0 Å². The van der Waals surface area contributed by atoms with Crippen LogP contribution in [0.2, 0.25) is 0 Å². The van der Waals surface area contributed by atoms with Crippen molar-refractivity contribution in [2.45, 2.75) is 26.9 Å². The van der Waals surface area contributed by atoms with Crippen LogP contribution in [0.15, 0.2) is 24.3 Å². The molecule has 0 radical (unpaired) electrons. The van der Waals surface area contributed by atoms with E-state index >= 15 is 0 Å². The number of benzene rings is 1. The van der Waals surface area contributed by atoms with Gasteiger partial charge in [0.2, 0.25) is 6.10 Å². The van der Waals surface area contributed by atoms with E-state index in [-0.39, 0.29) is 0 Å².